The number of nitrogens with zero attached hydrogens (tertiary/aromatic N) is 1. The average molecular weight is 580 g/mol. The number of primary amides is 1. The summed E-state index contributed by atoms with van der Waals surface area (Å²) in [7, 11) is 0. The van der Waals surface area contributed by atoms with Gasteiger partial charge in [-0.1, -0.05) is 35.3 Å². The van der Waals surface area contributed by atoms with Crippen LogP contribution in [0.3, 0.4) is 0 Å². The monoisotopic (exact) mass is 579 g/mol. The first-order valence-electron chi connectivity index (χ1n) is 11.2. The van der Waals surface area contributed by atoms with Crippen molar-refractivity contribution in [2.45, 2.75) is 18.9 Å². The van der Waals surface area contributed by atoms with Crippen molar-refractivity contribution < 1.29 is 31.1 Å². The van der Waals surface area contributed by atoms with Gasteiger partial charge in [-0.2, -0.15) is 26.3 Å². The average Bonchev–Trinajstić information content (AvgIpc) is 3.15. The minimum Gasteiger partial charge on any atom is -0.366 e. The van der Waals surface area contributed by atoms with E-state index in [0.717, 1.165) is 0 Å². The van der Waals surface area contributed by atoms with Crippen LogP contribution in [0.25, 0.3) is 32.9 Å². The first kappa shape index (κ1) is 26.9. The topological polar surface area (TPSA) is 48.0 Å². The van der Waals surface area contributed by atoms with E-state index in [1.165, 1.54) is 22.8 Å². The molecule has 199 valence electrons. The second kappa shape index (κ2) is 9.50. The van der Waals surface area contributed by atoms with E-state index in [1.54, 1.807) is 30.3 Å². The van der Waals surface area contributed by atoms with Crippen molar-refractivity contribution in [3.63, 3.8) is 0 Å². The van der Waals surface area contributed by atoms with Crippen LogP contribution in [0.2, 0.25) is 10.0 Å². The Kier molecular flexibility index (Phi) is 6.55. The molecule has 39 heavy (non-hydrogen) atoms. The normalized spacial score (nSPS) is 12.4. The van der Waals surface area contributed by atoms with Crippen LogP contribution in [0.15, 0.2) is 66.7 Å². The van der Waals surface area contributed by atoms with Crippen LogP contribution in [0, 0.1) is 6.07 Å². The van der Waals surface area contributed by atoms with Crippen LogP contribution in [0.5, 0.6) is 0 Å². The number of rotatable bonds is 4. The van der Waals surface area contributed by atoms with Gasteiger partial charge in [0, 0.05) is 38.5 Å². The molecule has 5 rings (SSSR count). The zero-order valence-electron chi connectivity index (χ0n) is 19.5. The molecule has 5 aromatic rings. The van der Waals surface area contributed by atoms with Gasteiger partial charge >= 0.3 is 12.4 Å². The first-order chi connectivity index (χ1) is 18.2. The number of benzene rings is 4. The summed E-state index contributed by atoms with van der Waals surface area (Å²) in [6.07, 6.45) is -10.00. The molecule has 11 heteroatoms. The van der Waals surface area contributed by atoms with E-state index in [1.807, 2.05) is 0 Å². The highest BCUT2D eigenvalue weighted by Crippen LogP contribution is 2.39. The Bertz CT molecular complexity index is 1740. The molecular weight excluding hydrogens is 565 g/mol. The molecule has 3 nitrogen and oxygen atoms in total. The molecule has 1 heterocycles. The van der Waals surface area contributed by atoms with Crippen LogP contribution in [0.1, 0.15) is 27.0 Å². The highest BCUT2D eigenvalue weighted by Gasteiger charge is 2.37. The predicted molar refractivity (Wildman–Crippen MR) is 138 cm³/mol. The summed E-state index contributed by atoms with van der Waals surface area (Å²) in [4.78, 5) is 12.2. The highest BCUT2D eigenvalue weighted by molar-refractivity contribution is 6.36. The van der Waals surface area contributed by atoms with Crippen molar-refractivity contribution in [1.82, 2.24) is 4.57 Å². The van der Waals surface area contributed by atoms with Crippen LogP contribution in [-0.2, 0) is 18.9 Å². The van der Waals surface area contributed by atoms with Crippen LogP contribution in [-0.4, -0.2) is 10.5 Å². The Labute approximate surface area is 227 Å². The van der Waals surface area contributed by atoms with Gasteiger partial charge in [-0.05, 0) is 71.8 Å². The van der Waals surface area contributed by atoms with Gasteiger partial charge in [0.05, 0.1) is 22.2 Å². The standard InChI is InChI=1S/C28H15Cl2F6N2O/c29-18-5-7-19(22(30)12-18)15-4-6-20-24(10-15)38(23-3-1-2-21(25(20)23)26(37)39)13-14-8-16(27(31,32)33)11-17(9-14)28(34,35)36/h1-5,7-12H,13H2,(H2,37,39). The third kappa shape index (κ3) is 5.04. The minimum absolute atomic E-state index is 0.0784. The number of aromatic nitrogens is 1. The Morgan fingerprint density at radius 2 is 1.54 bits per heavy atom. The molecule has 0 aliphatic heterocycles. The molecule has 1 amide bonds. The number of fused-ring (bicyclic) bond motifs is 3. The van der Waals surface area contributed by atoms with Crippen LogP contribution >= 0.6 is 23.2 Å². The van der Waals surface area contributed by atoms with E-state index in [4.69, 9.17) is 28.9 Å². The van der Waals surface area contributed by atoms with Gasteiger partial charge in [-0.3, -0.25) is 4.79 Å². The van der Waals surface area contributed by atoms with Gasteiger partial charge in [-0.25, -0.2) is 0 Å². The summed E-state index contributed by atoms with van der Waals surface area (Å²) in [6, 6.07) is 17.2. The Morgan fingerprint density at radius 3 is 2.13 bits per heavy atom. The maximum Gasteiger partial charge on any atom is 0.416 e. The molecule has 1 radical (unpaired) electrons. The number of alkyl halides is 6. The van der Waals surface area contributed by atoms with Gasteiger partial charge in [-0.15, -0.1) is 0 Å². The fourth-order valence-electron chi connectivity index (χ4n) is 4.60. The minimum atomic E-state index is -5.00. The van der Waals surface area contributed by atoms with E-state index in [2.05, 4.69) is 6.07 Å². The maximum atomic E-state index is 13.5. The van der Waals surface area contributed by atoms with Crippen molar-refractivity contribution in [3.8, 4) is 11.1 Å². The molecule has 0 unspecified atom stereocenters. The molecular formula is C28H15Cl2F6N2O. The lowest BCUT2D eigenvalue weighted by Crippen LogP contribution is -2.13. The fourth-order valence-corrected chi connectivity index (χ4v) is 5.12. The molecule has 0 aliphatic rings. The molecule has 0 atom stereocenters. The van der Waals surface area contributed by atoms with Crippen molar-refractivity contribution >= 4 is 50.9 Å². The second-order valence-electron chi connectivity index (χ2n) is 8.84. The summed E-state index contributed by atoms with van der Waals surface area (Å²) in [5.41, 5.74) is 4.53. The summed E-state index contributed by atoms with van der Waals surface area (Å²) < 4.78 is 82.6. The number of carbonyl (C=O) groups is 1. The SMILES string of the molecule is NC(=O)c1cccc2c1c1[c]cc(-c3ccc(Cl)cc3Cl)cc1n2Cc1cc(C(F)(F)F)cc(C(F)(F)F)c1. The third-order valence-electron chi connectivity index (χ3n) is 6.29. The van der Waals surface area contributed by atoms with Crippen LogP contribution in [0.4, 0.5) is 26.3 Å². The molecule has 0 fully saturated rings. The van der Waals surface area contributed by atoms with E-state index >= 15 is 0 Å². The summed E-state index contributed by atoms with van der Waals surface area (Å²) in [5, 5.41) is 1.51. The fraction of sp³-hybridized carbons (Fsp3) is 0.107. The van der Waals surface area contributed by atoms with E-state index < -0.39 is 29.4 Å². The number of halogens is 8. The predicted octanol–water partition coefficient (Wildman–Crippen LogP) is 8.75. The summed E-state index contributed by atoms with van der Waals surface area (Å²) in [5.74, 6) is -0.753. The van der Waals surface area contributed by atoms with Gasteiger partial charge in [0.15, 0.2) is 0 Å². The lowest BCUT2D eigenvalue weighted by atomic mass is 10.0. The van der Waals surface area contributed by atoms with E-state index in [0.29, 0.717) is 55.1 Å². The third-order valence-corrected chi connectivity index (χ3v) is 6.84. The molecule has 2 N–H and O–H groups in total. The Balaban J connectivity index is 1.79. The molecule has 0 spiro atoms. The Morgan fingerprint density at radius 1 is 0.872 bits per heavy atom. The number of carbonyl (C=O) groups excluding carboxylic acids is 1. The van der Waals surface area contributed by atoms with Gasteiger partial charge in [0.25, 0.3) is 0 Å². The quantitative estimate of drug-likeness (QED) is 0.212. The first-order valence-corrected chi connectivity index (χ1v) is 12.0. The Hall–Kier alpha value is -3.69. The zero-order valence-corrected chi connectivity index (χ0v) is 21.0. The molecule has 0 aliphatic carbocycles. The summed E-state index contributed by atoms with van der Waals surface area (Å²) in [6.45, 7) is -0.374. The molecule has 4 aromatic carbocycles. The van der Waals surface area contributed by atoms with Gasteiger partial charge in [0.2, 0.25) is 5.91 Å². The van der Waals surface area contributed by atoms with E-state index in [9.17, 15) is 31.1 Å². The number of amides is 1. The number of hydrogen-bond donors (Lipinski definition) is 1. The van der Waals surface area contributed by atoms with E-state index in [-0.39, 0.29) is 23.7 Å². The van der Waals surface area contributed by atoms with Crippen molar-refractivity contribution in [1.29, 1.82) is 0 Å². The smallest absolute Gasteiger partial charge is 0.366 e. The zero-order chi connectivity index (χ0) is 28.3. The molecule has 0 bridgehead atoms. The molecule has 0 saturated heterocycles. The number of nitrogens with two attached hydrogens (primary N) is 1. The van der Waals surface area contributed by atoms with Gasteiger partial charge in [0.1, 0.15) is 0 Å². The van der Waals surface area contributed by atoms with Crippen molar-refractivity contribution in [3.05, 3.63) is 105 Å². The summed E-state index contributed by atoms with van der Waals surface area (Å²) >= 11 is 12.4. The lowest BCUT2D eigenvalue weighted by molar-refractivity contribution is -0.143. The highest BCUT2D eigenvalue weighted by atomic mass is 35.5. The van der Waals surface area contributed by atoms with Crippen molar-refractivity contribution in [2.75, 3.05) is 0 Å². The van der Waals surface area contributed by atoms with Gasteiger partial charge < -0.3 is 10.3 Å². The second-order valence-corrected chi connectivity index (χ2v) is 9.68. The largest absolute Gasteiger partial charge is 0.416 e. The lowest BCUT2D eigenvalue weighted by Gasteiger charge is -2.16. The van der Waals surface area contributed by atoms with Crippen LogP contribution < -0.4 is 5.73 Å². The maximum absolute atomic E-state index is 13.5. The molecule has 1 aromatic heterocycles. The number of hydrogen-bond acceptors (Lipinski definition) is 1. The molecule has 0 saturated carbocycles. The van der Waals surface area contributed by atoms with Crippen molar-refractivity contribution in [2.24, 2.45) is 5.73 Å².